The minimum absolute atomic E-state index is 0.312. The van der Waals surface area contributed by atoms with Crippen molar-refractivity contribution in [2.75, 3.05) is 5.73 Å². The van der Waals surface area contributed by atoms with E-state index in [2.05, 4.69) is 0 Å². The molecule has 4 N–H and O–H groups in total. The molecule has 1 aromatic heterocycles. The third-order valence-electron chi connectivity index (χ3n) is 2.27. The molecule has 0 unspecified atom stereocenters. The lowest BCUT2D eigenvalue weighted by Gasteiger charge is -2.09. The zero-order valence-electron chi connectivity index (χ0n) is 9.35. The van der Waals surface area contributed by atoms with Crippen LogP contribution < -0.4 is 16.2 Å². The van der Waals surface area contributed by atoms with Gasteiger partial charge in [-0.1, -0.05) is 11.6 Å². The van der Waals surface area contributed by atoms with Crippen LogP contribution in [-0.2, 0) is 6.61 Å². The molecule has 0 aliphatic heterocycles. The molecule has 0 radical (unpaired) electrons. The Bertz CT molecular complexity index is 583. The zero-order chi connectivity index (χ0) is 13.1. The van der Waals surface area contributed by atoms with E-state index in [0.29, 0.717) is 27.9 Å². The lowest BCUT2D eigenvalue weighted by Crippen LogP contribution is -2.13. The molecule has 1 aromatic carbocycles. The summed E-state index contributed by atoms with van der Waals surface area (Å²) in [5, 5.41) is 0. The Labute approximate surface area is 113 Å². The van der Waals surface area contributed by atoms with Crippen molar-refractivity contribution in [2.45, 2.75) is 6.61 Å². The molecule has 0 fully saturated rings. The molecule has 2 aromatic rings. The standard InChI is InChI=1S/C12H11ClN2O2S/c13-11-4-2-8(18-11)6-17-10-5-7(14)1-3-9(10)12(15)16/h1-5H,6,14H2,(H2,15,16). The number of halogens is 1. The first kappa shape index (κ1) is 12.7. The molecule has 0 atom stereocenters. The second-order valence-electron chi connectivity index (χ2n) is 3.61. The normalized spacial score (nSPS) is 10.3. The number of nitrogens with two attached hydrogens (primary N) is 2. The third kappa shape index (κ3) is 2.94. The fraction of sp³-hybridized carbons (Fsp3) is 0.0833. The summed E-state index contributed by atoms with van der Waals surface area (Å²) in [6.45, 7) is 0.321. The molecule has 0 aliphatic carbocycles. The smallest absolute Gasteiger partial charge is 0.252 e. The van der Waals surface area contributed by atoms with Crippen LogP contribution in [0.1, 0.15) is 15.2 Å². The number of hydrogen-bond donors (Lipinski definition) is 2. The predicted molar refractivity (Wildman–Crippen MR) is 73.0 cm³/mol. The van der Waals surface area contributed by atoms with Crippen LogP contribution in [0.4, 0.5) is 5.69 Å². The van der Waals surface area contributed by atoms with E-state index in [1.165, 1.54) is 11.3 Å². The first-order valence-corrected chi connectivity index (χ1v) is 6.32. The van der Waals surface area contributed by atoms with Gasteiger partial charge in [-0.05, 0) is 24.3 Å². The Morgan fingerprint density at radius 3 is 2.72 bits per heavy atom. The minimum atomic E-state index is -0.547. The van der Waals surface area contributed by atoms with Crippen LogP contribution in [0, 0.1) is 0 Å². The number of anilines is 1. The van der Waals surface area contributed by atoms with Crippen LogP contribution in [0.5, 0.6) is 5.75 Å². The Balaban J connectivity index is 2.17. The molecule has 0 aliphatic rings. The summed E-state index contributed by atoms with van der Waals surface area (Å²) in [7, 11) is 0. The number of thiophene rings is 1. The Hall–Kier alpha value is -1.72. The van der Waals surface area contributed by atoms with Crippen molar-refractivity contribution in [1.82, 2.24) is 0 Å². The van der Waals surface area contributed by atoms with Crippen molar-refractivity contribution in [1.29, 1.82) is 0 Å². The van der Waals surface area contributed by atoms with Crippen molar-refractivity contribution < 1.29 is 9.53 Å². The van der Waals surface area contributed by atoms with Crippen molar-refractivity contribution >= 4 is 34.5 Å². The largest absolute Gasteiger partial charge is 0.487 e. The maximum atomic E-state index is 11.2. The molecule has 0 saturated carbocycles. The summed E-state index contributed by atoms with van der Waals surface area (Å²) >= 11 is 7.24. The molecule has 0 saturated heterocycles. The van der Waals surface area contributed by atoms with E-state index in [-0.39, 0.29) is 0 Å². The first-order chi connectivity index (χ1) is 8.56. The lowest BCUT2D eigenvalue weighted by atomic mass is 10.1. The van der Waals surface area contributed by atoms with Crippen molar-refractivity contribution in [2.24, 2.45) is 5.73 Å². The molecule has 0 spiro atoms. The number of carbonyl (C=O) groups is 1. The van der Waals surface area contributed by atoms with Crippen LogP contribution in [0.2, 0.25) is 4.34 Å². The van der Waals surface area contributed by atoms with Gasteiger partial charge in [-0.2, -0.15) is 0 Å². The first-order valence-electron chi connectivity index (χ1n) is 5.12. The molecule has 6 heteroatoms. The average molecular weight is 283 g/mol. The monoisotopic (exact) mass is 282 g/mol. The van der Waals surface area contributed by atoms with E-state index in [0.717, 1.165) is 4.88 Å². The second-order valence-corrected chi connectivity index (χ2v) is 5.41. The second kappa shape index (κ2) is 5.29. The lowest BCUT2D eigenvalue weighted by molar-refractivity contribution is 0.0996. The number of benzene rings is 1. The third-order valence-corrected chi connectivity index (χ3v) is 3.47. The topological polar surface area (TPSA) is 78.3 Å². The van der Waals surface area contributed by atoms with Gasteiger partial charge in [0.15, 0.2) is 0 Å². The van der Waals surface area contributed by atoms with E-state index in [1.807, 2.05) is 6.07 Å². The zero-order valence-corrected chi connectivity index (χ0v) is 10.9. The van der Waals surface area contributed by atoms with E-state index in [4.69, 9.17) is 27.8 Å². The highest BCUT2D eigenvalue weighted by Crippen LogP contribution is 2.26. The quantitative estimate of drug-likeness (QED) is 0.846. The van der Waals surface area contributed by atoms with Gasteiger partial charge in [0.25, 0.3) is 5.91 Å². The number of amides is 1. The summed E-state index contributed by atoms with van der Waals surface area (Å²) in [6, 6.07) is 8.39. The summed E-state index contributed by atoms with van der Waals surface area (Å²) in [6.07, 6.45) is 0. The van der Waals surface area contributed by atoms with Crippen LogP contribution in [0.3, 0.4) is 0 Å². The van der Waals surface area contributed by atoms with Crippen LogP contribution in [0.15, 0.2) is 30.3 Å². The predicted octanol–water partition coefficient (Wildman–Crippen LogP) is 2.66. The van der Waals surface area contributed by atoms with Gasteiger partial charge >= 0.3 is 0 Å². The van der Waals surface area contributed by atoms with Gasteiger partial charge < -0.3 is 16.2 Å². The summed E-state index contributed by atoms with van der Waals surface area (Å²) in [5.41, 5.74) is 11.7. The number of nitrogen functional groups attached to an aromatic ring is 1. The molecule has 2 rings (SSSR count). The van der Waals surface area contributed by atoms with Gasteiger partial charge in [-0.15, -0.1) is 11.3 Å². The van der Waals surface area contributed by atoms with Crippen molar-refractivity contribution in [3.8, 4) is 5.75 Å². The molecular formula is C12H11ClN2O2S. The van der Waals surface area contributed by atoms with Crippen LogP contribution in [0.25, 0.3) is 0 Å². The molecule has 1 amide bonds. The maximum Gasteiger partial charge on any atom is 0.252 e. The van der Waals surface area contributed by atoms with Gasteiger partial charge in [-0.25, -0.2) is 0 Å². The molecular weight excluding hydrogens is 272 g/mol. The van der Waals surface area contributed by atoms with Gasteiger partial charge in [0.1, 0.15) is 12.4 Å². The molecule has 94 valence electrons. The van der Waals surface area contributed by atoms with Gasteiger partial charge in [0.2, 0.25) is 0 Å². The SMILES string of the molecule is NC(=O)c1ccc(N)cc1OCc1ccc(Cl)s1. The Morgan fingerprint density at radius 2 is 2.11 bits per heavy atom. The molecule has 4 nitrogen and oxygen atoms in total. The Kier molecular flexibility index (Phi) is 3.74. The van der Waals surface area contributed by atoms with Crippen molar-refractivity contribution in [3.05, 3.63) is 45.1 Å². The molecule has 1 heterocycles. The van der Waals surface area contributed by atoms with Crippen LogP contribution >= 0.6 is 22.9 Å². The molecule has 18 heavy (non-hydrogen) atoms. The maximum absolute atomic E-state index is 11.2. The number of ether oxygens (including phenoxy) is 1. The average Bonchev–Trinajstić information content (AvgIpc) is 2.72. The van der Waals surface area contributed by atoms with Crippen LogP contribution in [-0.4, -0.2) is 5.91 Å². The van der Waals surface area contributed by atoms with Gasteiger partial charge in [-0.3, -0.25) is 4.79 Å². The van der Waals surface area contributed by atoms with Gasteiger partial charge in [0.05, 0.1) is 9.90 Å². The van der Waals surface area contributed by atoms with E-state index >= 15 is 0 Å². The fourth-order valence-electron chi connectivity index (χ4n) is 1.44. The number of rotatable bonds is 4. The number of hydrogen-bond acceptors (Lipinski definition) is 4. The van der Waals surface area contributed by atoms with Crippen molar-refractivity contribution in [3.63, 3.8) is 0 Å². The van der Waals surface area contributed by atoms with E-state index in [1.54, 1.807) is 24.3 Å². The number of carbonyl (C=O) groups excluding carboxylic acids is 1. The minimum Gasteiger partial charge on any atom is -0.487 e. The highest BCUT2D eigenvalue weighted by atomic mass is 35.5. The van der Waals surface area contributed by atoms with Gasteiger partial charge in [0, 0.05) is 16.6 Å². The highest BCUT2D eigenvalue weighted by molar-refractivity contribution is 7.16. The highest BCUT2D eigenvalue weighted by Gasteiger charge is 2.10. The van der Waals surface area contributed by atoms with E-state index < -0.39 is 5.91 Å². The number of primary amides is 1. The fourth-order valence-corrected chi connectivity index (χ4v) is 2.44. The summed E-state index contributed by atoms with van der Waals surface area (Å²) in [4.78, 5) is 12.2. The Morgan fingerprint density at radius 1 is 1.33 bits per heavy atom. The summed E-state index contributed by atoms with van der Waals surface area (Å²) in [5.74, 6) is -0.166. The van der Waals surface area contributed by atoms with E-state index in [9.17, 15) is 4.79 Å². The summed E-state index contributed by atoms with van der Waals surface area (Å²) < 4.78 is 6.24. The molecule has 0 bridgehead atoms.